The molecule has 1 saturated heterocycles. The van der Waals surface area contributed by atoms with Crippen LogP contribution in [-0.2, 0) is 4.79 Å². The molecular weight excluding hydrogens is 376 g/mol. The number of piperidine rings is 1. The summed E-state index contributed by atoms with van der Waals surface area (Å²) >= 11 is 0. The van der Waals surface area contributed by atoms with Crippen molar-refractivity contribution < 1.29 is 9.59 Å². The molecule has 0 saturated carbocycles. The van der Waals surface area contributed by atoms with Gasteiger partial charge in [-0.3, -0.25) is 9.59 Å². The highest BCUT2D eigenvalue weighted by Crippen LogP contribution is 2.27. The lowest BCUT2D eigenvalue weighted by Crippen LogP contribution is -2.36. The van der Waals surface area contributed by atoms with Crippen molar-refractivity contribution in [2.45, 2.75) is 65.7 Å². The van der Waals surface area contributed by atoms with Crippen LogP contribution in [0.1, 0.15) is 76.1 Å². The van der Waals surface area contributed by atoms with Crippen molar-refractivity contribution in [3.8, 4) is 0 Å². The van der Waals surface area contributed by atoms with Crippen LogP contribution in [0.5, 0.6) is 0 Å². The Kier molecular flexibility index (Phi) is 10.7. The van der Waals surface area contributed by atoms with Gasteiger partial charge in [-0.15, -0.1) is 0 Å². The number of hydrogen-bond acceptors (Lipinski definition) is 4. The van der Waals surface area contributed by atoms with Gasteiger partial charge in [0.15, 0.2) is 0 Å². The molecular formula is C24H40N4O2. The fourth-order valence-electron chi connectivity index (χ4n) is 3.93. The average molecular weight is 417 g/mol. The maximum atomic E-state index is 13.0. The molecule has 6 heteroatoms. The van der Waals surface area contributed by atoms with Crippen molar-refractivity contribution in [2.24, 2.45) is 0 Å². The van der Waals surface area contributed by atoms with E-state index in [0.717, 1.165) is 70.5 Å². The van der Waals surface area contributed by atoms with Crippen LogP contribution in [0.25, 0.3) is 0 Å². The lowest BCUT2D eigenvalue weighted by Gasteiger charge is -2.30. The number of likely N-dealkylation sites (N-methyl/N-ethyl adjacent to an activating group) is 1. The number of rotatable bonds is 12. The van der Waals surface area contributed by atoms with Crippen molar-refractivity contribution in [1.29, 1.82) is 0 Å². The largest absolute Gasteiger partial charge is 0.371 e. The molecule has 0 aliphatic carbocycles. The number of carbonyl (C=O) groups excluding carboxylic acids is 2. The van der Waals surface area contributed by atoms with Gasteiger partial charge in [-0.1, -0.05) is 33.6 Å². The first-order chi connectivity index (χ1) is 14.6. The number of benzene rings is 1. The van der Waals surface area contributed by atoms with Crippen molar-refractivity contribution in [2.75, 3.05) is 49.5 Å². The summed E-state index contributed by atoms with van der Waals surface area (Å²) in [7, 11) is 0. The van der Waals surface area contributed by atoms with Gasteiger partial charge in [0.1, 0.15) is 0 Å². The minimum atomic E-state index is -0.0650. The zero-order chi connectivity index (χ0) is 21.8. The van der Waals surface area contributed by atoms with Crippen molar-refractivity contribution in [3.05, 3.63) is 23.8 Å². The zero-order valence-corrected chi connectivity index (χ0v) is 19.1. The van der Waals surface area contributed by atoms with Crippen LogP contribution >= 0.6 is 0 Å². The summed E-state index contributed by atoms with van der Waals surface area (Å²) in [5, 5.41) is 6.05. The first-order valence-electron chi connectivity index (χ1n) is 11.8. The molecule has 2 N–H and O–H groups in total. The summed E-state index contributed by atoms with van der Waals surface area (Å²) in [6, 6.07) is 5.76. The molecule has 0 atom stereocenters. The first kappa shape index (κ1) is 24.2. The van der Waals surface area contributed by atoms with E-state index >= 15 is 0 Å². The third kappa shape index (κ3) is 7.63. The normalized spacial score (nSPS) is 14.1. The van der Waals surface area contributed by atoms with Crippen LogP contribution in [0.3, 0.4) is 0 Å². The summed E-state index contributed by atoms with van der Waals surface area (Å²) < 4.78 is 0. The van der Waals surface area contributed by atoms with Crippen LogP contribution in [0, 0.1) is 0 Å². The smallest absolute Gasteiger partial charge is 0.253 e. The van der Waals surface area contributed by atoms with Crippen LogP contribution < -0.4 is 15.5 Å². The predicted molar refractivity (Wildman–Crippen MR) is 125 cm³/mol. The molecule has 0 aromatic heterocycles. The van der Waals surface area contributed by atoms with Gasteiger partial charge in [-0.25, -0.2) is 0 Å². The molecule has 2 rings (SSSR count). The monoisotopic (exact) mass is 416 g/mol. The molecule has 168 valence electrons. The maximum Gasteiger partial charge on any atom is 0.253 e. The molecule has 30 heavy (non-hydrogen) atoms. The summed E-state index contributed by atoms with van der Waals surface area (Å²) in [5.41, 5.74) is 2.33. The van der Waals surface area contributed by atoms with E-state index < -0.39 is 0 Å². The molecule has 0 spiro atoms. The summed E-state index contributed by atoms with van der Waals surface area (Å²) in [6.45, 7) is 11.8. The molecule has 1 fully saturated rings. The van der Waals surface area contributed by atoms with Gasteiger partial charge in [0, 0.05) is 44.0 Å². The second-order valence-corrected chi connectivity index (χ2v) is 8.07. The van der Waals surface area contributed by atoms with Crippen LogP contribution in [-0.4, -0.2) is 56.0 Å². The summed E-state index contributed by atoms with van der Waals surface area (Å²) in [6.07, 6.45) is 7.11. The van der Waals surface area contributed by atoms with Gasteiger partial charge in [-0.05, 0) is 57.0 Å². The molecule has 2 amide bonds. The standard InChI is InChI=1S/C24H40N4O2/c1-4-7-9-12-23(29)26-20-13-14-22(28-16-10-8-11-17-28)21(19-20)24(30)25-15-18-27(5-2)6-3/h13-14,19H,4-12,15-18H2,1-3H3,(H,25,30)(H,26,29). The summed E-state index contributed by atoms with van der Waals surface area (Å²) in [4.78, 5) is 29.9. The van der Waals surface area contributed by atoms with E-state index in [1.165, 1.54) is 6.42 Å². The van der Waals surface area contributed by atoms with Gasteiger partial charge in [0.05, 0.1) is 5.56 Å². The van der Waals surface area contributed by atoms with Gasteiger partial charge >= 0.3 is 0 Å². The van der Waals surface area contributed by atoms with Crippen LogP contribution in [0.4, 0.5) is 11.4 Å². The zero-order valence-electron chi connectivity index (χ0n) is 19.1. The molecule has 0 radical (unpaired) electrons. The first-order valence-corrected chi connectivity index (χ1v) is 11.8. The Bertz CT molecular complexity index is 667. The number of carbonyl (C=O) groups is 2. The topological polar surface area (TPSA) is 64.7 Å². The summed E-state index contributed by atoms with van der Waals surface area (Å²) in [5.74, 6) is -0.0492. The van der Waals surface area contributed by atoms with E-state index in [4.69, 9.17) is 0 Å². The lowest BCUT2D eigenvalue weighted by atomic mass is 10.1. The Morgan fingerprint density at radius 3 is 2.43 bits per heavy atom. The molecule has 1 aliphatic rings. The number of nitrogens with zero attached hydrogens (tertiary/aromatic N) is 2. The van der Waals surface area contributed by atoms with E-state index in [-0.39, 0.29) is 11.8 Å². The minimum Gasteiger partial charge on any atom is -0.371 e. The predicted octanol–water partition coefficient (Wildman–Crippen LogP) is 4.27. The number of hydrogen-bond donors (Lipinski definition) is 2. The third-order valence-electron chi connectivity index (χ3n) is 5.84. The number of unbranched alkanes of at least 4 members (excludes halogenated alkanes) is 2. The molecule has 1 aliphatic heterocycles. The Balaban J connectivity index is 2.11. The molecule has 1 aromatic rings. The van der Waals surface area contributed by atoms with Gasteiger partial charge < -0.3 is 20.4 Å². The lowest BCUT2D eigenvalue weighted by molar-refractivity contribution is -0.116. The second-order valence-electron chi connectivity index (χ2n) is 8.07. The van der Waals surface area contributed by atoms with E-state index in [1.54, 1.807) is 0 Å². The molecule has 0 bridgehead atoms. The highest BCUT2D eigenvalue weighted by Gasteiger charge is 2.19. The van der Waals surface area contributed by atoms with Crippen LogP contribution in [0.15, 0.2) is 18.2 Å². The third-order valence-corrected chi connectivity index (χ3v) is 5.84. The second kappa shape index (κ2) is 13.3. The van der Waals surface area contributed by atoms with Gasteiger partial charge in [0.2, 0.25) is 5.91 Å². The Labute approximate surface area is 182 Å². The quantitative estimate of drug-likeness (QED) is 0.500. The fraction of sp³-hybridized carbons (Fsp3) is 0.667. The van der Waals surface area contributed by atoms with Crippen molar-refractivity contribution >= 4 is 23.2 Å². The minimum absolute atomic E-state index is 0.0158. The fourth-order valence-corrected chi connectivity index (χ4v) is 3.93. The van der Waals surface area contributed by atoms with E-state index in [0.29, 0.717) is 24.2 Å². The van der Waals surface area contributed by atoms with Crippen molar-refractivity contribution in [3.63, 3.8) is 0 Å². The molecule has 1 aromatic carbocycles. The number of anilines is 2. The highest BCUT2D eigenvalue weighted by molar-refractivity contribution is 6.02. The van der Waals surface area contributed by atoms with E-state index in [2.05, 4.69) is 41.2 Å². The van der Waals surface area contributed by atoms with E-state index in [9.17, 15) is 9.59 Å². The molecule has 1 heterocycles. The Hall–Kier alpha value is -2.08. The van der Waals surface area contributed by atoms with Crippen LogP contribution in [0.2, 0.25) is 0 Å². The molecule has 0 unspecified atom stereocenters. The Morgan fingerprint density at radius 1 is 1.03 bits per heavy atom. The van der Waals surface area contributed by atoms with Gasteiger partial charge in [-0.2, -0.15) is 0 Å². The van der Waals surface area contributed by atoms with E-state index in [1.807, 2.05) is 18.2 Å². The SMILES string of the molecule is CCCCCC(=O)Nc1ccc(N2CCCCC2)c(C(=O)NCCN(CC)CC)c1. The Morgan fingerprint density at radius 2 is 1.77 bits per heavy atom. The molecule has 6 nitrogen and oxygen atoms in total. The number of nitrogens with one attached hydrogen (secondary N) is 2. The maximum absolute atomic E-state index is 13.0. The van der Waals surface area contributed by atoms with Gasteiger partial charge in [0.25, 0.3) is 5.91 Å². The average Bonchev–Trinajstić information content (AvgIpc) is 2.77. The number of amides is 2. The highest BCUT2D eigenvalue weighted by atomic mass is 16.2. The van der Waals surface area contributed by atoms with Crippen molar-refractivity contribution in [1.82, 2.24) is 10.2 Å².